The van der Waals surface area contributed by atoms with Gasteiger partial charge >= 0.3 is 0 Å². The number of H-pyrrole nitrogens is 1. The van der Waals surface area contributed by atoms with Crippen LogP contribution in [-0.2, 0) is 6.54 Å². The Hall–Kier alpha value is -2.37. The van der Waals surface area contributed by atoms with Gasteiger partial charge in [-0.25, -0.2) is 0 Å². The summed E-state index contributed by atoms with van der Waals surface area (Å²) in [6.07, 6.45) is 2.88. The normalized spacial score (nSPS) is 10.3. The summed E-state index contributed by atoms with van der Waals surface area (Å²) < 4.78 is 4.92. The first kappa shape index (κ1) is 12.1. The zero-order valence-corrected chi connectivity index (χ0v) is 10.1. The number of carbonyl (C=O) groups excluding carboxylic acids is 1. The average Bonchev–Trinajstić information content (AvgIpc) is 2.74. The zero-order chi connectivity index (χ0) is 13.1. The van der Waals surface area contributed by atoms with Crippen LogP contribution in [0.3, 0.4) is 0 Å². The fraction of sp³-hybridized carbons (Fsp3) is 0.250. The molecule has 0 aliphatic carbocycles. The number of hydrogen-bond donors (Lipinski definition) is 1. The molecule has 1 N–H and O–H groups in total. The summed E-state index contributed by atoms with van der Waals surface area (Å²) in [4.78, 5) is 27.7. The molecule has 0 saturated carbocycles. The number of nitrogens with one attached hydrogen (secondary N) is 1. The van der Waals surface area contributed by atoms with Gasteiger partial charge in [0.25, 0.3) is 5.91 Å². The van der Waals surface area contributed by atoms with Crippen molar-refractivity contribution < 1.29 is 9.32 Å². The van der Waals surface area contributed by atoms with Gasteiger partial charge in [0.05, 0.1) is 6.54 Å². The lowest BCUT2D eigenvalue weighted by Gasteiger charge is -2.14. The second-order valence-electron chi connectivity index (χ2n) is 4.01. The highest BCUT2D eigenvalue weighted by atomic mass is 16.5. The van der Waals surface area contributed by atoms with Gasteiger partial charge in [-0.2, -0.15) is 0 Å². The summed E-state index contributed by atoms with van der Waals surface area (Å²) in [6, 6.07) is 3.07. The maximum absolute atomic E-state index is 12.0. The molecule has 2 heterocycles. The number of nitrogens with zero attached hydrogens (tertiary/aromatic N) is 2. The van der Waals surface area contributed by atoms with E-state index < -0.39 is 0 Å². The predicted molar refractivity (Wildman–Crippen MR) is 64.1 cm³/mol. The largest absolute Gasteiger partial charge is 0.367 e. The van der Waals surface area contributed by atoms with E-state index in [1.165, 1.54) is 23.4 Å². The molecule has 0 spiro atoms. The van der Waals surface area contributed by atoms with E-state index in [-0.39, 0.29) is 16.9 Å². The second kappa shape index (κ2) is 4.87. The summed E-state index contributed by atoms with van der Waals surface area (Å²) in [7, 11) is 1.61. The molecule has 1 amide bonds. The fourth-order valence-electron chi connectivity index (χ4n) is 1.60. The van der Waals surface area contributed by atoms with Gasteiger partial charge in [-0.3, -0.25) is 9.59 Å². The highest BCUT2D eigenvalue weighted by Crippen LogP contribution is 2.06. The number of hydrogen-bond acceptors (Lipinski definition) is 4. The van der Waals surface area contributed by atoms with Crippen molar-refractivity contribution in [1.29, 1.82) is 0 Å². The molecular weight excluding hydrogens is 234 g/mol. The first-order valence-electron chi connectivity index (χ1n) is 5.42. The Kier molecular flexibility index (Phi) is 3.27. The molecule has 2 aromatic heterocycles. The van der Waals surface area contributed by atoms with Crippen molar-refractivity contribution in [2.75, 3.05) is 7.05 Å². The first-order chi connectivity index (χ1) is 8.58. The van der Waals surface area contributed by atoms with E-state index in [0.717, 1.165) is 0 Å². The smallest absolute Gasteiger partial charge is 0.259 e. The van der Waals surface area contributed by atoms with E-state index in [9.17, 15) is 9.59 Å². The Morgan fingerprint density at radius 1 is 1.56 bits per heavy atom. The van der Waals surface area contributed by atoms with Crippen molar-refractivity contribution in [2.45, 2.75) is 13.5 Å². The van der Waals surface area contributed by atoms with Gasteiger partial charge in [-0.1, -0.05) is 5.16 Å². The molecule has 0 fully saturated rings. The molecule has 94 valence electrons. The molecule has 0 saturated heterocycles. The number of pyridine rings is 1. The minimum atomic E-state index is -0.350. The van der Waals surface area contributed by atoms with Crippen molar-refractivity contribution >= 4 is 5.91 Å². The Morgan fingerprint density at radius 3 is 2.94 bits per heavy atom. The zero-order valence-electron chi connectivity index (χ0n) is 10.1. The van der Waals surface area contributed by atoms with Crippen molar-refractivity contribution in [2.24, 2.45) is 0 Å². The van der Waals surface area contributed by atoms with E-state index >= 15 is 0 Å². The van der Waals surface area contributed by atoms with Crippen molar-refractivity contribution in [1.82, 2.24) is 15.0 Å². The number of amides is 1. The second-order valence-corrected chi connectivity index (χ2v) is 4.01. The number of carbonyl (C=O) groups is 1. The van der Waals surface area contributed by atoms with Gasteiger partial charge in [0.15, 0.2) is 5.43 Å². The third-order valence-electron chi connectivity index (χ3n) is 2.48. The van der Waals surface area contributed by atoms with Crippen LogP contribution < -0.4 is 5.43 Å². The van der Waals surface area contributed by atoms with Gasteiger partial charge in [0, 0.05) is 31.6 Å². The van der Waals surface area contributed by atoms with Crippen LogP contribution in [0.25, 0.3) is 0 Å². The maximum atomic E-state index is 12.0. The Morgan fingerprint density at radius 2 is 2.33 bits per heavy atom. The molecule has 0 aliphatic rings. The van der Waals surface area contributed by atoms with Crippen molar-refractivity contribution in [3.8, 4) is 0 Å². The van der Waals surface area contributed by atoms with Gasteiger partial charge in [-0.15, -0.1) is 0 Å². The van der Waals surface area contributed by atoms with Crippen LogP contribution in [0.5, 0.6) is 0 Å². The highest BCUT2D eigenvalue weighted by Gasteiger charge is 2.16. The van der Waals surface area contributed by atoms with E-state index in [2.05, 4.69) is 10.1 Å². The molecule has 18 heavy (non-hydrogen) atoms. The molecule has 0 bridgehead atoms. The lowest BCUT2D eigenvalue weighted by atomic mass is 10.2. The minimum Gasteiger partial charge on any atom is -0.367 e. The van der Waals surface area contributed by atoms with Crippen LogP contribution in [0.15, 0.2) is 33.8 Å². The molecule has 2 rings (SSSR count). The molecule has 2 aromatic rings. The molecule has 6 nitrogen and oxygen atoms in total. The quantitative estimate of drug-likeness (QED) is 0.875. The molecule has 0 aliphatic heterocycles. The van der Waals surface area contributed by atoms with Gasteiger partial charge in [-0.05, 0) is 6.92 Å². The van der Waals surface area contributed by atoms with E-state index in [1.807, 2.05) is 0 Å². The van der Waals surface area contributed by atoms with E-state index in [0.29, 0.717) is 18.0 Å². The topological polar surface area (TPSA) is 79.2 Å². The van der Waals surface area contributed by atoms with E-state index in [1.54, 1.807) is 20.0 Å². The molecule has 0 aromatic carbocycles. The Balaban J connectivity index is 2.15. The Labute approximate surface area is 103 Å². The summed E-state index contributed by atoms with van der Waals surface area (Å²) in [5, 5.41) is 3.80. The summed E-state index contributed by atoms with van der Waals surface area (Å²) in [5.41, 5.74) is 0.456. The highest BCUT2D eigenvalue weighted by molar-refractivity contribution is 5.93. The van der Waals surface area contributed by atoms with Gasteiger partial charge in [0.2, 0.25) is 0 Å². The first-order valence-corrected chi connectivity index (χ1v) is 5.42. The fourth-order valence-corrected chi connectivity index (χ4v) is 1.60. The van der Waals surface area contributed by atoms with Crippen molar-refractivity contribution in [3.05, 3.63) is 51.8 Å². The predicted octanol–water partition coefficient (Wildman–Crippen LogP) is 0.944. The van der Waals surface area contributed by atoms with Crippen LogP contribution in [0.2, 0.25) is 0 Å². The van der Waals surface area contributed by atoms with Gasteiger partial charge < -0.3 is 14.4 Å². The SMILES string of the molecule is Cc1cc(CN(C)C(=O)c2c[nH]ccc2=O)no1. The maximum Gasteiger partial charge on any atom is 0.259 e. The number of aromatic amines is 1. The number of aryl methyl sites for hydroxylation is 1. The molecular formula is C12H13N3O3. The van der Waals surface area contributed by atoms with Crippen LogP contribution in [0.1, 0.15) is 21.8 Å². The van der Waals surface area contributed by atoms with Crippen LogP contribution >= 0.6 is 0 Å². The third kappa shape index (κ3) is 2.48. The lowest BCUT2D eigenvalue weighted by molar-refractivity contribution is 0.0780. The lowest BCUT2D eigenvalue weighted by Crippen LogP contribution is -2.30. The van der Waals surface area contributed by atoms with Crippen LogP contribution in [0.4, 0.5) is 0 Å². The van der Waals surface area contributed by atoms with E-state index in [4.69, 9.17) is 4.52 Å². The molecule has 0 atom stereocenters. The number of rotatable bonds is 3. The third-order valence-corrected chi connectivity index (χ3v) is 2.48. The van der Waals surface area contributed by atoms with Crippen LogP contribution in [0, 0.1) is 6.92 Å². The standard InChI is InChI=1S/C12H13N3O3/c1-8-5-9(14-18-8)7-15(2)12(17)10-6-13-4-3-11(10)16/h3-6H,7H2,1-2H3,(H,13,16). The minimum absolute atomic E-state index is 0.111. The Bertz CT molecular complexity index is 615. The summed E-state index contributed by atoms with van der Waals surface area (Å²) in [6.45, 7) is 2.07. The molecule has 0 radical (unpaired) electrons. The molecule has 0 unspecified atom stereocenters. The number of aromatic nitrogens is 2. The summed E-state index contributed by atoms with van der Waals surface area (Å²) >= 11 is 0. The van der Waals surface area contributed by atoms with Crippen molar-refractivity contribution in [3.63, 3.8) is 0 Å². The average molecular weight is 247 g/mol. The molecule has 6 heteroatoms. The monoisotopic (exact) mass is 247 g/mol. The van der Waals surface area contributed by atoms with Crippen LogP contribution in [-0.4, -0.2) is 28.0 Å². The summed E-state index contributed by atoms with van der Waals surface area (Å²) in [5.74, 6) is 0.334. The van der Waals surface area contributed by atoms with Gasteiger partial charge in [0.1, 0.15) is 17.0 Å².